The lowest BCUT2D eigenvalue weighted by molar-refractivity contribution is -0.122. The van der Waals surface area contributed by atoms with Crippen molar-refractivity contribution in [3.05, 3.63) is 0 Å². The van der Waals surface area contributed by atoms with Crippen LogP contribution in [0, 0.1) is 5.41 Å². The van der Waals surface area contributed by atoms with Crippen LogP contribution in [-0.2, 0) is 4.79 Å². The van der Waals surface area contributed by atoms with Crippen LogP contribution in [0.2, 0.25) is 0 Å². The number of hydrogen-bond donors (Lipinski definition) is 2. The van der Waals surface area contributed by atoms with E-state index in [2.05, 4.69) is 24.5 Å². The standard InChI is InChI=1S/C13H26N2O/c1-10(13(5)7-8-13)14-9-6-11(16)15-12(2,3)4/h10,14H,6-9H2,1-5H3,(H,15,16). The molecule has 3 nitrogen and oxygen atoms in total. The van der Waals surface area contributed by atoms with Gasteiger partial charge in [-0.1, -0.05) is 6.92 Å². The van der Waals surface area contributed by atoms with E-state index >= 15 is 0 Å². The van der Waals surface area contributed by atoms with Crippen molar-refractivity contribution in [2.45, 2.75) is 65.5 Å². The normalized spacial score (nSPS) is 20.3. The smallest absolute Gasteiger partial charge is 0.221 e. The molecule has 1 saturated carbocycles. The maximum atomic E-state index is 11.6. The van der Waals surface area contributed by atoms with Gasteiger partial charge < -0.3 is 10.6 Å². The number of carbonyl (C=O) groups excluding carboxylic acids is 1. The first-order chi connectivity index (χ1) is 7.23. The van der Waals surface area contributed by atoms with Gasteiger partial charge in [0.05, 0.1) is 0 Å². The third kappa shape index (κ3) is 4.52. The van der Waals surface area contributed by atoms with Gasteiger partial charge in [0.2, 0.25) is 5.91 Å². The largest absolute Gasteiger partial charge is 0.351 e. The molecule has 1 rings (SSSR count). The third-order valence-corrected chi connectivity index (χ3v) is 3.40. The zero-order valence-electron chi connectivity index (χ0n) is 11.3. The van der Waals surface area contributed by atoms with Crippen LogP contribution in [0.4, 0.5) is 0 Å². The first-order valence-electron chi connectivity index (χ1n) is 6.27. The van der Waals surface area contributed by atoms with Gasteiger partial charge in [-0.2, -0.15) is 0 Å². The van der Waals surface area contributed by atoms with E-state index in [1.807, 2.05) is 20.8 Å². The molecular weight excluding hydrogens is 200 g/mol. The van der Waals surface area contributed by atoms with Crippen molar-refractivity contribution in [1.29, 1.82) is 0 Å². The Kier molecular flexibility index (Phi) is 4.00. The van der Waals surface area contributed by atoms with Crippen LogP contribution < -0.4 is 10.6 Å². The summed E-state index contributed by atoms with van der Waals surface area (Å²) in [6.07, 6.45) is 3.20. The molecule has 0 bridgehead atoms. The number of rotatable bonds is 5. The summed E-state index contributed by atoms with van der Waals surface area (Å²) < 4.78 is 0. The molecule has 1 unspecified atom stereocenters. The molecule has 1 amide bonds. The van der Waals surface area contributed by atoms with Crippen LogP contribution in [0.15, 0.2) is 0 Å². The quantitative estimate of drug-likeness (QED) is 0.753. The minimum atomic E-state index is -0.120. The van der Waals surface area contributed by atoms with Crippen LogP contribution in [-0.4, -0.2) is 24.0 Å². The summed E-state index contributed by atoms with van der Waals surface area (Å²) in [6, 6.07) is 0.523. The van der Waals surface area contributed by atoms with Gasteiger partial charge in [0.25, 0.3) is 0 Å². The third-order valence-electron chi connectivity index (χ3n) is 3.40. The summed E-state index contributed by atoms with van der Waals surface area (Å²) in [7, 11) is 0. The Hall–Kier alpha value is -0.570. The highest BCUT2D eigenvalue weighted by molar-refractivity contribution is 5.76. The first kappa shape index (κ1) is 13.5. The minimum Gasteiger partial charge on any atom is -0.351 e. The first-order valence-corrected chi connectivity index (χ1v) is 6.27. The van der Waals surface area contributed by atoms with Gasteiger partial charge in [0.1, 0.15) is 0 Å². The number of amides is 1. The van der Waals surface area contributed by atoms with Crippen molar-refractivity contribution in [3.63, 3.8) is 0 Å². The summed E-state index contributed by atoms with van der Waals surface area (Å²) in [5, 5.41) is 6.41. The molecule has 94 valence electrons. The van der Waals surface area contributed by atoms with E-state index in [1.165, 1.54) is 12.8 Å². The van der Waals surface area contributed by atoms with Gasteiger partial charge >= 0.3 is 0 Å². The highest BCUT2D eigenvalue weighted by Crippen LogP contribution is 2.47. The van der Waals surface area contributed by atoms with Crippen molar-refractivity contribution >= 4 is 5.91 Å². The summed E-state index contributed by atoms with van der Waals surface area (Å²) in [5.74, 6) is 0.133. The van der Waals surface area contributed by atoms with Crippen LogP contribution in [0.1, 0.15) is 53.9 Å². The molecule has 16 heavy (non-hydrogen) atoms. The molecule has 0 saturated heterocycles. The lowest BCUT2D eigenvalue weighted by atomic mass is 10.0. The molecule has 2 N–H and O–H groups in total. The Morgan fingerprint density at radius 3 is 2.38 bits per heavy atom. The van der Waals surface area contributed by atoms with Crippen LogP contribution >= 0.6 is 0 Å². The van der Waals surface area contributed by atoms with E-state index in [1.54, 1.807) is 0 Å². The monoisotopic (exact) mass is 226 g/mol. The lowest BCUT2D eigenvalue weighted by Crippen LogP contribution is -2.42. The molecule has 3 heteroatoms. The molecule has 1 fully saturated rings. The second kappa shape index (κ2) is 4.74. The Morgan fingerprint density at radius 1 is 1.38 bits per heavy atom. The van der Waals surface area contributed by atoms with Gasteiger partial charge in [0.15, 0.2) is 0 Å². The van der Waals surface area contributed by atoms with Gasteiger partial charge in [-0.05, 0) is 46.0 Å². The predicted octanol–water partition coefficient (Wildman–Crippen LogP) is 2.07. The summed E-state index contributed by atoms with van der Waals surface area (Å²) in [4.78, 5) is 11.6. The molecule has 0 heterocycles. The fourth-order valence-electron chi connectivity index (χ4n) is 1.76. The van der Waals surface area contributed by atoms with Gasteiger partial charge in [-0.15, -0.1) is 0 Å². The zero-order valence-corrected chi connectivity index (χ0v) is 11.3. The van der Waals surface area contributed by atoms with Gasteiger partial charge in [-0.3, -0.25) is 4.79 Å². The highest BCUT2D eigenvalue weighted by atomic mass is 16.1. The fraction of sp³-hybridized carbons (Fsp3) is 0.923. The summed E-state index contributed by atoms with van der Waals surface area (Å²) >= 11 is 0. The predicted molar refractivity (Wildman–Crippen MR) is 67.3 cm³/mol. The molecule has 0 spiro atoms. The SMILES string of the molecule is CC(NCCC(=O)NC(C)(C)C)C1(C)CC1. The Morgan fingerprint density at radius 2 is 1.94 bits per heavy atom. The van der Waals surface area contributed by atoms with Crippen molar-refractivity contribution in [2.75, 3.05) is 6.54 Å². The lowest BCUT2D eigenvalue weighted by Gasteiger charge is -2.22. The molecule has 1 aliphatic rings. The van der Waals surface area contributed by atoms with E-state index < -0.39 is 0 Å². The Bertz CT molecular complexity index is 251. The van der Waals surface area contributed by atoms with Crippen molar-refractivity contribution < 1.29 is 4.79 Å². The molecule has 0 aliphatic heterocycles. The molecule has 1 aliphatic carbocycles. The zero-order chi connectivity index (χ0) is 12.4. The van der Waals surface area contributed by atoms with Gasteiger partial charge in [0, 0.05) is 24.5 Å². The van der Waals surface area contributed by atoms with E-state index in [9.17, 15) is 4.79 Å². The van der Waals surface area contributed by atoms with Crippen molar-refractivity contribution in [2.24, 2.45) is 5.41 Å². The molecular formula is C13H26N2O. The second-order valence-electron chi connectivity index (χ2n) is 6.38. The second-order valence-corrected chi connectivity index (χ2v) is 6.38. The highest BCUT2D eigenvalue weighted by Gasteiger charge is 2.42. The Labute approximate surface area is 99.4 Å². The fourth-order valence-corrected chi connectivity index (χ4v) is 1.76. The molecule has 0 aromatic heterocycles. The molecule has 1 atom stereocenters. The maximum Gasteiger partial charge on any atom is 0.221 e. The van der Waals surface area contributed by atoms with E-state index in [4.69, 9.17) is 0 Å². The number of carbonyl (C=O) groups is 1. The van der Waals surface area contributed by atoms with Crippen LogP contribution in [0.3, 0.4) is 0 Å². The topological polar surface area (TPSA) is 41.1 Å². The number of hydrogen-bond acceptors (Lipinski definition) is 2. The minimum absolute atomic E-state index is 0.120. The summed E-state index contributed by atoms with van der Waals surface area (Å²) in [5.41, 5.74) is 0.367. The summed E-state index contributed by atoms with van der Waals surface area (Å²) in [6.45, 7) is 11.3. The van der Waals surface area contributed by atoms with E-state index in [-0.39, 0.29) is 11.4 Å². The molecule has 0 aromatic rings. The number of nitrogens with one attached hydrogen (secondary N) is 2. The van der Waals surface area contributed by atoms with Crippen molar-refractivity contribution in [3.8, 4) is 0 Å². The van der Waals surface area contributed by atoms with E-state index in [0.29, 0.717) is 17.9 Å². The van der Waals surface area contributed by atoms with E-state index in [0.717, 1.165) is 6.54 Å². The van der Waals surface area contributed by atoms with Gasteiger partial charge in [-0.25, -0.2) is 0 Å². The molecule has 0 radical (unpaired) electrons. The average molecular weight is 226 g/mol. The van der Waals surface area contributed by atoms with Crippen LogP contribution in [0.5, 0.6) is 0 Å². The molecule has 0 aromatic carbocycles. The maximum absolute atomic E-state index is 11.6. The Balaban J connectivity index is 2.13. The van der Waals surface area contributed by atoms with Crippen LogP contribution in [0.25, 0.3) is 0 Å². The van der Waals surface area contributed by atoms with Crippen molar-refractivity contribution in [1.82, 2.24) is 10.6 Å². The average Bonchev–Trinajstić information content (AvgIpc) is 2.81.